The average molecular weight is 485 g/mol. The molecule has 0 saturated carbocycles. The van der Waals surface area contributed by atoms with Gasteiger partial charge in [-0.05, 0) is 36.6 Å². The van der Waals surface area contributed by atoms with Gasteiger partial charge >= 0.3 is 0 Å². The van der Waals surface area contributed by atoms with Crippen LogP contribution in [0.25, 0.3) is 22.2 Å². The van der Waals surface area contributed by atoms with Gasteiger partial charge in [0.1, 0.15) is 11.4 Å². The van der Waals surface area contributed by atoms with Gasteiger partial charge in [0, 0.05) is 48.9 Å². The molecule has 2 N–H and O–H groups in total. The summed E-state index contributed by atoms with van der Waals surface area (Å²) in [4.78, 5) is 33.2. The number of H-pyrrole nitrogens is 1. The van der Waals surface area contributed by atoms with Crippen LogP contribution in [0.2, 0.25) is 0 Å². The summed E-state index contributed by atoms with van der Waals surface area (Å²) in [7, 11) is -3.64. The molecule has 0 aliphatic carbocycles. The minimum absolute atomic E-state index is 0.0351. The molecule has 0 bridgehead atoms. The maximum atomic E-state index is 12.1. The number of carbonyl (C=O) groups is 2. The predicted octanol–water partition coefficient (Wildman–Crippen LogP) is 2.95. The third-order valence-corrected chi connectivity index (χ3v) is 6.82. The molecule has 1 saturated heterocycles. The first-order valence-corrected chi connectivity index (χ1v) is 12.9. The number of nitrogens with zero attached hydrogens (tertiary/aromatic N) is 2. The van der Waals surface area contributed by atoms with Gasteiger partial charge in [-0.15, -0.1) is 0 Å². The van der Waals surface area contributed by atoms with Gasteiger partial charge in [0.05, 0.1) is 18.2 Å². The van der Waals surface area contributed by atoms with Crippen LogP contribution < -0.4 is 9.46 Å². The molecule has 180 valence electrons. The quantitative estimate of drug-likeness (QED) is 0.555. The van der Waals surface area contributed by atoms with Crippen molar-refractivity contribution < 1.29 is 22.7 Å². The van der Waals surface area contributed by atoms with Gasteiger partial charge in [-0.2, -0.15) is 0 Å². The first-order valence-electron chi connectivity index (χ1n) is 11.0. The summed E-state index contributed by atoms with van der Waals surface area (Å²) in [5.74, 6) is 0.133. The van der Waals surface area contributed by atoms with Gasteiger partial charge in [0.15, 0.2) is 0 Å². The number of ether oxygens (including phenoxy) is 1. The molecule has 2 amide bonds. The molecule has 1 aliphatic rings. The highest BCUT2D eigenvalue weighted by Crippen LogP contribution is 2.37. The zero-order valence-electron chi connectivity index (χ0n) is 19.4. The van der Waals surface area contributed by atoms with Gasteiger partial charge < -0.3 is 14.6 Å². The van der Waals surface area contributed by atoms with E-state index in [-0.39, 0.29) is 16.9 Å². The van der Waals surface area contributed by atoms with Crippen LogP contribution in [-0.4, -0.2) is 61.1 Å². The van der Waals surface area contributed by atoms with Gasteiger partial charge in [0.2, 0.25) is 15.9 Å². The second kappa shape index (κ2) is 9.09. The minimum atomic E-state index is -3.64. The van der Waals surface area contributed by atoms with Crippen LogP contribution in [0, 0.1) is 5.41 Å². The number of carbonyl (C=O) groups excluding carboxylic acids is 2. The fraction of sp³-hybridized carbons (Fsp3) is 0.375. The highest BCUT2D eigenvalue weighted by molar-refractivity contribution is 7.89. The molecule has 4 rings (SSSR count). The summed E-state index contributed by atoms with van der Waals surface area (Å²) < 4.78 is 30.9. The normalized spacial score (nSPS) is 15.8. The molecule has 1 aromatic carbocycles. The van der Waals surface area contributed by atoms with E-state index in [4.69, 9.17) is 4.74 Å². The van der Waals surface area contributed by atoms with Crippen molar-refractivity contribution in [2.75, 3.05) is 26.0 Å². The largest absolute Gasteiger partial charge is 0.492 e. The molecule has 1 fully saturated rings. The zero-order chi connectivity index (χ0) is 24.5. The molecule has 3 heterocycles. The molecule has 34 heavy (non-hydrogen) atoms. The van der Waals surface area contributed by atoms with E-state index in [0.29, 0.717) is 18.0 Å². The smallest absolute Gasteiger partial charge is 0.264 e. The molecule has 0 atom stereocenters. The second-order valence-corrected chi connectivity index (χ2v) is 10.9. The van der Waals surface area contributed by atoms with Crippen LogP contribution in [-0.2, 0) is 14.8 Å². The molecule has 1 aliphatic heterocycles. The van der Waals surface area contributed by atoms with Crippen molar-refractivity contribution in [3.8, 4) is 16.9 Å². The zero-order valence-corrected chi connectivity index (χ0v) is 20.2. The van der Waals surface area contributed by atoms with Crippen molar-refractivity contribution in [1.29, 1.82) is 0 Å². The third kappa shape index (κ3) is 5.22. The molecule has 0 spiro atoms. The van der Waals surface area contributed by atoms with Gasteiger partial charge in [-0.1, -0.05) is 19.1 Å². The Morgan fingerprint density at radius 2 is 1.85 bits per heavy atom. The van der Waals surface area contributed by atoms with E-state index in [0.717, 1.165) is 48.7 Å². The molecule has 9 nitrogen and oxygen atoms in total. The summed E-state index contributed by atoms with van der Waals surface area (Å²) in [5, 5.41) is 0.834. The number of pyridine rings is 1. The molecular weight excluding hydrogens is 456 g/mol. The minimum Gasteiger partial charge on any atom is -0.492 e. The summed E-state index contributed by atoms with van der Waals surface area (Å²) in [6.07, 6.45) is 6.21. The van der Waals surface area contributed by atoms with E-state index in [1.54, 1.807) is 37.4 Å². The predicted molar refractivity (Wildman–Crippen MR) is 129 cm³/mol. The monoisotopic (exact) mass is 484 g/mol. The number of fused-ring (bicyclic) bond motifs is 1. The summed E-state index contributed by atoms with van der Waals surface area (Å²) in [6.45, 7) is 5.77. The third-order valence-electron chi connectivity index (χ3n) is 6.26. The van der Waals surface area contributed by atoms with Crippen LogP contribution in [0.5, 0.6) is 5.75 Å². The summed E-state index contributed by atoms with van der Waals surface area (Å²) >= 11 is 0. The van der Waals surface area contributed by atoms with E-state index in [1.807, 2.05) is 21.9 Å². The standard InChI is InChI=1S/C24H28N4O5S/c1-16(29)28-12-9-24(2,10-13-28)15-33-20-8-11-25-22-21(20)19(14-26-22)17-4-6-18(7-5-17)23(30)27-34(3,31)32/h4-8,11,14H,9-10,12-13,15H2,1-3H3,(H,25,26)(H,27,30). The van der Waals surface area contributed by atoms with E-state index in [1.165, 1.54) is 0 Å². The van der Waals surface area contributed by atoms with Crippen LogP contribution in [0.3, 0.4) is 0 Å². The fourth-order valence-electron chi connectivity index (χ4n) is 4.16. The van der Waals surface area contributed by atoms with Crippen LogP contribution in [0.1, 0.15) is 37.0 Å². The lowest BCUT2D eigenvalue weighted by Crippen LogP contribution is -2.43. The van der Waals surface area contributed by atoms with Crippen molar-refractivity contribution in [3.05, 3.63) is 48.3 Å². The molecule has 3 aromatic rings. The number of likely N-dealkylation sites (tertiary alicyclic amines) is 1. The number of aromatic nitrogens is 2. The number of hydrogen-bond acceptors (Lipinski definition) is 6. The number of hydrogen-bond donors (Lipinski definition) is 2. The van der Waals surface area contributed by atoms with Gasteiger partial charge in [-0.3, -0.25) is 9.59 Å². The van der Waals surface area contributed by atoms with Gasteiger partial charge in [0.25, 0.3) is 5.91 Å². The van der Waals surface area contributed by atoms with E-state index in [2.05, 4.69) is 16.9 Å². The van der Waals surface area contributed by atoms with Crippen molar-refractivity contribution in [2.45, 2.75) is 26.7 Å². The Balaban J connectivity index is 1.55. The number of piperidine rings is 1. The summed E-state index contributed by atoms with van der Waals surface area (Å²) in [6, 6.07) is 8.51. The number of aromatic amines is 1. The lowest BCUT2D eigenvalue weighted by Gasteiger charge is -2.38. The Hall–Kier alpha value is -3.40. The van der Waals surface area contributed by atoms with Crippen molar-refractivity contribution in [1.82, 2.24) is 19.6 Å². The van der Waals surface area contributed by atoms with E-state index in [9.17, 15) is 18.0 Å². The van der Waals surface area contributed by atoms with Crippen LogP contribution in [0.4, 0.5) is 0 Å². The molecule has 0 radical (unpaired) electrons. The van der Waals surface area contributed by atoms with Crippen LogP contribution in [0.15, 0.2) is 42.7 Å². The Kier molecular flexibility index (Phi) is 6.35. The number of amides is 2. The number of sulfonamides is 1. The Morgan fingerprint density at radius 3 is 2.47 bits per heavy atom. The molecule has 2 aromatic heterocycles. The van der Waals surface area contributed by atoms with Crippen LogP contribution >= 0.6 is 0 Å². The molecule has 0 unspecified atom stereocenters. The van der Waals surface area contributed by atoms with Crippen molar-refractivity contribution in [3.63, 3.8) is 0 Å². The Morgan fingerprint density at radius 1 is 1.18 bits per heavy atom. The lowest BCUT2D eigenvalue weighted by atomic mass is 9.81. The SMILES string of the molecule is CC(=O)N1CCC(C)(COc2ccnc3[nH]cc(-c4ccc(C(=O)NS(C)(=O)=O)cc4)c23)CC1. The summed E-state index contributed by atoms with van der Waals surface area (Å²) in [5.41, 5.74) is 2.59. The van der Waals surface area contributed by atoms with Crippen molar-refractivity contribution in [2.24, 2.45) is 5.41 Å². The maximum absolute atomic E-state index is 12.1. The number of nitrogens with one attached hydrogen (secondary N) is 2. The number of benzene rings is 1. The second-order valence-electron chi connectivity index (χ2n) is 9.12. The van der Waals surface area contributed by atoms with E-state index >= 15 is 0 Å². The topological polar surface area (TPSA) is 121 Å². The van der Waals surface area contributed by atoms with Crippen molar-refractivity contribution >= 4 is 32.9 Å². The highest BCUT2D eigenvalue weighted by Gasteiger charge is 2.32. The average Bonchev–Trinajstić information content (AvgIpc) is 3.22. The maximum Gasteiger partial charge on any atom is 0.264 e. The number of rotatable bonds is 6. The van der Waals surface area contributed by atoms with E-state index < -0.39 is 15.9 Å². The first-order chi connectivity index (χ1) is 16.0. The van der Waals surface area contributed by atoms with Gasteiger partial charge in [-0.25, -0.2) is 18.1 Å². The molecule has 10 heteroatoms. The lowest BCUT2D eigenvalue weighted by molar-refractivity contribution is -0.131. The first kappa shape index (κ1) is 23.7. The molecular formula is C24H28N4O5S. The Labute approximate surface area is 198 Å². The fourth-order valence-corrected chi connectivity index (χ4v) is 4.62. The Bertz CT molecular complexity index is 1320. The highest BCUT2D eigenvalue weighted by atomic mass is 32.2.